The standard InChI is InChI=1S/C28H19ClFN7O/c1-15(22-6-2-5-20(14-31)35-22)34-28(38)26-27(32)37-24(16-7-9-19(30)10-8-16)25(36-26)18-12-17-4-3-11-33-23(17)21(29)13-18/h2-13,15H,1H3,(H2,32,37)(H,34,38). The molecular formula is C28H19ClFN7O. The molecule has 8 nitrogen and oxygen atoms in total. The Morgan fingerprint density at radius 3 is 2.55 bits per heavy atom. The molecule has 0 aliphatic carbocycles. The fourth-order valence-electron chi connectivity index (χ4n) is 4.00. The number of pyridine rings is 2. The molecule has 0 saturated carbocycles. The lowest BCUT2D eigenvalue weighted by atomic mass is 10.0. The number of hydrogen-bond donors (Lipinski definition) is 2. The van der Waals surface area contributed by atoms with Crippen molar-refractivity contribution in [2.24, 2.45) is 0 Å². The van der Waals surface area contributed by atoms with E-state index in [9.17, 15) is 9.18 Å². The number of carbonyl (C=O) groups excluding carboxylic acids is 1. The lowest BCUT2D eigenvalue weighted by Crippen LogP contribution is -2.29. The Morgan fingerprint density at radius 2 is 1.79 bits per heavy atom. The van der Waals surface area contributed by atoms with Gasteiger partial charge < -0.3 is 11.1 Å². The molecule has 2 aromatic carbocycles. The molecule has 3 aromatic heterocycles. The van der Waals surface area contributed by atoms with Crippen LogP contribution in [-0.2, 0) is 0 Å². The van der Waals surface area contributed by atoms with Crippen molar-refractivity contribution >= 4 is 34.2 Å². The van der Waals surface area contributed by atoms with Gasteiger partial charge in [-0.05, 0) is 61.5 Å². The monoisotopic (exact) mass is 523 g/mol. The minimum absolute atomic E-state index is 0.100. The highest BCUT2D eigenvalue weighted by Gasteiger charge is 2.22. The number of nitrogens with one attached hydrogen (secondary N) is 1. The van der Waals surface area contributed by atoms with Crippen molar-refractivity contribution in [1.29, 1.82) is 5.26 Å². The number of halogens is 2. The van der Waals surface area contributed by atoms with Gasteiger partial charge in [0.1, 0.15) is 17.6 Å². The summed E-state index contributed by atoms with van der Waals surface area (Å²) in [6.07, 6.45) is 1.64. The summed E-state index contributed by atoms with van der Waals surface area (Å²) in [5.74, 6) is -1.09. The fourth-order valence-corrected chi connectivity index (χ4v) is 4.28. The normalized spacial score (nSPS) is 11.6. The SMILES string of the molecule is CC(NC(=O)c1nc(-c2cc(Cl)c3ncccc3c2)c(-c2ccc(F)cc2)nc1N)c1cccc(C#N)n1. The molecule has 3 N–H and O–H groups in total. The number of hydrogen-bond acceptors (Lipinski definition) is 7. The van der Waals surface area contributed by atoms with Crippen LogP contribution in [0.4, 0.5) is 10.2 Å². The Balaban J connectivity index is 1.61. The third-order valence-corrected chi connectivity index (χ3v) is 6.15. The zero-order valence-electron chi connectivity index (χ0n) is 20.0. The number of nitrogen functional groups attached to an aromatic ring is 1. The van der Waals surface area contributed by atoms with E-state index in [1.165, 1.54) is 12.1 Å². The predicted molar refractivity (Wildman–Crippen MR) is 142 cm³/mol. The van der Waals surface area contributed by atoms with Gasteiger partial charge in [0.15, 0.2) is 11.5 Å². The van der Waals surface area contributed by atoms with Gasteiger partial charge >= 0.3 is 0 Å². The summed E-state index contributed by atoms with van der Waals surface area (Å²) < 4.78 is 13.7. The second kappa shape index (κ2) is 10.2. The van der Waals surface area contributed by atoms with Gasteiger partial charge in [0.05, 0.1) is 33.7 Å². The van der Waals surface area contributed by atoms with Gasteiger partial charge in [-0.1, -0.05) is 23.7 Å². The zero-order valence-corrected chi connectivity index (χ0v) is 20.7. The summed E-state index contributed by atoms with van der Waals surface area (Å²) in [5, 5.41) is 13.1. The first-order valence-corrected chi connectivity index (χ1v) is 11.9. The van der Waals surface area contributed by atoms with Crippen LogP contribution in [0.1, 0.15) is 34.8 Å². The van der Waals surface area contributed by atoms with Crippen LogP contribution in [0.15, 0.2) is 72.9 Å². The maximum absolute atomic E-state index is 13.7. The van der Waals surface area contributed by atoms with E-state index in [-0.39, 0.29) is 17.2 Å². The van der Waals surface area contributed by atoms with Gasteiger partial charge in [0.25, 0.3) is 5.91 Å². The van der Waals surface area contributed by atoms with E-state index in [1.807, 2.05) is 18.2 Å². The number of carbonyl (C=O) groups is 1. The third kappa shape index (κ3) is 4.85. The average Bonchev–Trinajstić information content (AvgIpc) is 2.93. The molecule has 0 fully saturated rings. The van der Waals surface area contributed by atoms with E-state index in [0.29, 0.717) is 38.7 Å². The molecule has 1 unspecified atom stereocenters. The molecule has 0 spiro atoms. The van der Waals surface area contributed by atoms with E-state index in [1.54, 1.807) is 55.6 Å². The minimum atomic E-state index is -0.577. The van der Waals surface area contributed by atoms with Crippen LogP contribution in [0.2, 0.25) is 5.02 Å². The van der Waals surface area contributed by atoms with Crippen molar-refractivity contribution in [1.82, 2.24) is 25.3 Å². The maximum atomic E-state index is 13.7. The number of amides is 1. The summed E-state index contributed by atoms with van der Waals surface area (Å²) >= 11 is 6.53. The number of nitriles is 1. The Bertz CT molecular complexity index is 1730. The largest absolute Gasteiger partial charge is 0.382 e. The Morgan fingerprint density at radius 1 is 1.03 bits per heavy atom. The van der Waals surface area contributed by atoms with E-state index in [0.717, 1.165) is 5.39 Å². The molecule has 5 rings (SSSR count). The highest BCUT2D eigenvalue weighted by Crippen LogP contribution is 2.35. The van der Waals surface area contributed by atoms with E-state index in [2.05, 4.69) is 25.3 Å². The van der Waals surface area contributed by atoms with Gasteiger partial charge in [-0.15, -0.1) is 0 Å². The van der Waals surface area contributed by atoms with Crippen molar-refractivity contribution in [3.8, 4) is 28.6 Å². The molecule has 5 aromatic rings. The van der Waals surface area contributed by atoms with Gasteiger partial charge in [0, 0.05) is 22.7 Å². The van der Waals surface area contributed by atoms with Crippen molar-refractivity contribution in [3.05, 3.63) is 101 Å². The molecule has 186 valence electrons. The quantitative estimate of drug-likeness (QED) is 0.311. The molecule has 10 heteroatoms. The minimum Gasteiger partial charge on any atom is -0.382 e. The first-order chi connectivity index (χ1) is 18.3. The number of anilines is 1. The molecule has 1 atom stereocenters. The highest BCUT2D eigenvalue weighted by molar-refractivity contribution is 6.35. The molecule has 1 amide bonds. The number of aromatic nitrogens is 4. The Kier molecular flexibility index (Phi) is 6.64. The van der Waals surface area contributed by atoms with Crippen molar-refractivity contribution in [2.75, 3.05) is 5.73 Å². The van der Waals surface area contributed by atoms with Gasteiger partial charge in [-0.2, -0.15) is 5.26 Å². The van der Waals surface area contributed by atoms with E-state index >= 15 is 0 Å². The number of nitrogens with two attached hydrogens (primary N) is 1. The van der Waals surface area contributed by atoms with E-state index < -0.39 is 17.8 Å². The summed E-state index contributed by atoms with van der Waals surface area (Å²) in [6, 6.07) is 19.3. The third-order valence-electron chi connectivity index (χ3n) is 5.86. The Hall–Kier alpha value is -4.94. The molecule has 0 bridgehead atoms. The Labute approximate surface area is 222 Å². The van der Waals surface area contributed by atoms with Crippen molar-refractivity contribution in [3.63, 3.8) is 0 Å². The highest BCUT2D eigenvalue weighted by atomic mass is 35.5. The average molecular weight is 524 g/mol. The molecule has 0 aliphatic rings. The number of rotatable bonds is 5. The van der Waals surface area contributed by atoms with Crippen LogP contribution < -0.4 is 11.1 Å². The first-order valence-electron chi connectivity index (χ1n) is 11.5. The van der Waals surface area contributed by atoms with Crippen LogP contribution >= 0.6 is 11.6 Å². The molecular weight excluding hydrogens is 505 g/mol. The summed E-state index contributed by atoms with van der Waals surface area (Å²) in [6.45, 7) is 1.73. The number of fused-ring (bicyclic) bond motifs is 1. The van der Waals surface area contributed by atoms with Crippen molar-refractivity contribution < 1.29 is 9.18 Å². The van der Waals surface area contributed by atoms with Crippen LogP contribution in [0.5, 0.6) is 0 Å². The summed E-state index contributed by atoms with van der Waals surface area (Å²) in [7, 11) is 0. The van der Waals surface area contributed by atoms with Crippen LogP contribution in [-0.4, -0.2) is 25.8 Å². The maximum Gasteiger partial charge on any atom is 0.274 e. The molecule has 3 heterocycles. The lowest BCUT2D eigenvalue weighted by Gasteiger charge is -2.16. The number of nitrogens with zero attached hydrogens (tertiary/aromatic N) is 5. The smallest absolute Gasteiger partial charge is 0.274 e. The van der Waals surface area contributed by atoms with Gasteiger partial charge in [0.2, 0.25) is 0 Å². The second-order valence-corrected chi connectivity index (χ2v) is 8.86. The molecule has 0 aliphatic heterocycles. The van der Waals surface area contributed by atoms with Crippen molar-refractivity contribution in [2.45, 2.75) is 13.0 Å². The topological polar surface area (TPSA) is 130 Å². The number of benzene rings is 2. The fraction of sp³-hybridized carbons (Fsp3) is 0.0714. The zero-order chi connectivity index (χ0) is 26.8. The second-order valence-electron chi connectivity index (χ2n) is 8.45. The van der Waals surface area contributed by atoms with Gasteiger partial charge in [-0.25, -0.2) is 19.3 Å². The van der Waals surface area contributed by atoms with E-state index in [4.69, 9.17) is 22.6 Å². The summed E-state index contributed by atoms with van der Waals surface area (Å²) in [5.41, 5.74) is 9.28. The van der Waals surface area contributed by atoms with Crippen LogP contribution in [0, 0.1) is 17.1 Å². The van der Waals surface area contributed by atoms with Gasteiger partial charge in [-0.3, -0.25) is 9.78 Å². The first kappa shape index (κ1) is 24.7. The van der Waals surface area contributed by atoms with Crippen LogP contribution in [0.25, 0.3) is 33.4 Å². The molecule has 0 saturated heterocycles. The lowest BCUT2D eigenvalue weighted by molar-refractivity contribution is 0.0935. The summed E-state index contributed by atoms with van der Waals surface area (Å²) in [4.78, 5) is 31.0. The molecule has 38 heavy (non-hydrogen) atoms. The predicted octanol–water partition coefficient (Wildman–Crippen LogP) is 5.49. The van der Waals surface area contributed by atoms with Crippen LogP contribution in [0.3, 0.4) is 0 Å². The molecule has 0 radical (unpaired) electrons.